The van der Waals surface area contributed by atoms with Gasteiger partial charge in [0.05, 0.1) is 11.4 Å². The highest BCUT2D eigenvalue weighted by Gasteiger charge is 2.50. The second-order valence-electron chi connectivity index (χ2n) is 14.6. The van der Waals surface area contributed by atoms with Crippen LogP contribution < -0.4 is 15.1 Å². The van der Waals surface area contributed by atoms with Gasteiger partial charge in [0.2, 0.25) is 0 Å². The van der Waals surface area contributed by atoms with Crippen LogP contribution in [0.25, 0.3) is 0 Å². The molecule has 0 radical (unpaired) electrons. The van der Waals surface area contributed by atoms with Gasteiger partial charge in [0.1, 0.15) is 0 Å². The van der Waals surface area contributed by atoms with E-state index >= 15 is 0 Å². The lowest BCUT2D eigenvalue weighted by Crippen LogP contribution is -2.54. The molecule has 2 nitrogen and oxygen atoms in total. The van der Waals surface area contributed by atoms with Crippen LogP contribution in [0, 0.1) is 13.8 Å². The second kappa shape index (κ2) is 8.77. The fraction of sp³-hybridized carbons (Fsp3) is 0.351. The average molecular weight is 527 g/mol. The number of benzene rings is 4. The van der Waals surface area contributed by atoms with Crippen LogP contribution in [0.1, 0.15) is 88.8 Å². The van der Waals surface area contributed by atoms with Crippen molar-refractivity contribution in [3.8, 4) is 0 Å². The first-order valence-corrected chi connectivity index (χ1v) is 14.7. The smallest absolute Gasteiger partial charge is 0.360 e. The molecule has 2 heterocycles. The van der Waals surface area contributed by atoms with Crippen molar-refractivity contribution >= 4 is 35.2 Å². The van der Waals surface area contributed by atoms with Gasteiger partial charge in [0.15, 0.2) is 0 Å². The molecule has 0 saturated carbocycles. The van der Waals surface area contributed by atoms with Crippen LogP contribution in [0.3, 0.4) is 0 Å². The predicted molar refractivity (Wildman–Crippen MR) is 174 cm³/mol. The van der Waals surface area contributed by atoms with Gasteiger partial charge in [-0.25, -0.2) is 0 Å². The summed E-state index contributed by atoms with van der Waals surface area (Å²) in [6.45, 7) is 23.0. The molecule has 0 bridgehead atoms. The first-order valence-electron chi connectivity index (χ1n) is 14.7. The molecule has 0 N–H and O–H groups in total. The Kier molecular flexibility index (Phi) is 5.87. The maximum Gasteiger partial charge on any atom is 0.420 e. The summed E-state index contributed by atoms with van der Waals surface area (Å²) in [5.41, 5.74) is 14.8. The van der Waals surface area contributed by atoms with Crippen LogP contribution in [0.2, 0.25) is 0 Å². The lowest BCUT2D eigenvalue weighted by molar-refractivity contribution is 0.590. The Morgan fingerprint density at radius 1 is 0.575 bits per heavy atom. The Morgan fingerprint density at radius 3 is 1.70 bits per heavy atom. The predicted octanol–water partition coefficient (Wildman–Crippen LogP) is 9.22. The fourth-order valence-electron chi connectivity index (χ4n) is 6.66. The molecule has 3 heteroatoms. The van der Waals surface area contributed by atoms with Crippen LogP contribution in [0.15, 0.2) is 78.9 Å². The summed E-state index contributed by atoms with van der Waals surface area (Å²) >= 11 is 0. The van der Waals surface area contributed by atoms with E-state index in [1.54, 1.807) is 0 Å². The molecule has 0 unspecified atom stereocenters. The minimum atomic E-state index is -0.0965. The zero-order valence-electron chi connectivity index (χ0n) is 26.0. The molecule has 6 rings (SSSR count). The van der Waals surface area contributed by atoms with Crippen molar-refractivity contribution in [2.24, 2.45) is 0 Å². The Balaban J connectivity index is 1.63. The van der Waals surface area contributed by atoms with Crippen molar-refractivity contribution in [1.82, 2.24) is 0 Å². The van der Waals surface area contributed by atoms with Crippen molar-refractivity contribution in [2.45, 2.75) is 85.5 Å². The summed E-state index contributed by atoms with van der Waals surface area (Å²) in [6.07, 6.45) is 0. The van der Waals surface area contributed by atoms with Crippen LogP contribution in [-0.2, 0) is 16.2 Å². The van der Waals surface area contributed by atoms with Gasteiger partial charge in [0, 0.05) is 16.8 Å². The molecule has 0 amide bonds. The molecule has 4 aromatic rings. The zero-order chi connectivity index (χ0) is 28.8. The number of aryl methyl sites for hydroxylation is 2. The van der Waals surface area contributed by atoms with E-state index < -0.39 is 0 Å². The number of hydrogen-bond donors (Lipinski definition) is 0. The molecule has 0 atom stereocenters. The van der Waals surface area contributed by atoms with E-state index in [-0.39, 0.29) is 23.2 Å². The lowest BCUT2D eigenvalue weighted by atomic mass is 9.62. The largest absolute Gasteiger partial charge is 0.420 e. The summed E-state index contributed by atoms with van der Waals surface area (Å²) in [4.78, 5) is 5.20. The Labute approximate surface area is 242 Å². The van der Waals surface area contributed by atoms with Gasteiger partial charge in [-0.2, -0.15) is 0 Å². The molecular formula is C37H43BN2. The molecule has 0 fully saturated rings. The summed E-state index contributed by atoms with van der Waals surface area (Å²) in [7, 11) is 0. The van der Waals surface area contributed by atoms with Gasteiger partial charge >= 0.3 is 6.98 Å². The summed E-state index contributed by atoms with van der Waals surface area (Å²) < 4.78 is 0. The highest BCUT2D eigenvalue weighted by atomic mass is 15.3. The number of fused-ring (bicyclic) bond motifs is 2. The van der Waals surface area contributed by atoms with Gasteiger partial charge in [-0.3, -0.25) is 0 Å². The lowest BCUT2D eigenvalue weighted by Gasteiger charge is -2.42. The van der Waals surface area contributed by atoms with Crippen molar-refractivity contribution in [3.63, 3.8) is 0 Å². The van der Waals surface area contributed by atoms with Gasteiger partial charge in [-0.05, 0) is 82.2 Å². The molecule has 204 valence electrons. The minimum Gasteiger partial charge on any atom is -0.360 e. The molecule has 0 aliphatic carbocycles. The Morgan fingerprint density at radius 2 is 1.12 bits per heavy atom. The van der Waals surface area contributed by atoms with E-state index in [1.807, 2.05) is 0 Å². The molecular weight excluding hydrogens is 483 g/mol. The quantitative estimate of drug-likeness (QED) is 0.240. The van der Waals surface area contributed by atoms with Crippen molar-refractivity contribution in [2.75, 3.05) is 9.62 Å². The van der Waals surface area contributed by atoms with E-state index in [9.17, 15) is 0 Å². The standard InChI is InChI=1S/C37H43BN2/c1-24-11-20-32-30(21-24)37(9,10)31-22-25(2)23-33-34(31)40(32)38(28-16-12-26(13-17-28)35(3,4)5)39(33)29-18-14-27(15-19-29)36(6,7)8/h11-23H,1-10H3. The van der Waals surface area contributed by atoms with Crippen molar-refractivity contribution < 1.29 is 0 Å². The number of hydrogen-bond acceptors (Lipinski definition) is 2. The molecule has 0 saturated heterocycles. The number of anilines is 4. The van der Waals surface area contributed by atoms with Gasteiger partial charge in [-0.15, -0.1) is 0 Å². The summed E-state index contributed by atoms with van der Waals surface area (Å²) in [5, 5.41) is 0. The molecule has 2 aliphatic heterocycles. The third-order valence-electron chi connectivity index (χ3n) is 9.07. The molecule has 0 aromatic heterocycles. The zero-order valence-corrected chi connectivity index (χ0v) is 26.0. The van der Waals surface area contributed by atoms with E-state index in [2.05, 4.69) is 158 Å². The second-order valence-corrected chi connectivity index (χ2v) is 14.6. The summed E-state index contributed by atoms with van der Waals surface area (Å²) in [6, 6.07) is 30.5. The van der Waals surface area contributed by atoms with Crippen LogP contribution in [-0.4, -0.2) is 6.98 Å². The molecule has 40 heavy (non-hydrogen) atoms. The van der Waals surface area contributed by atoms with Crippen LogP contribution in [0.5, 0.6) is 0 Å². The highest BCUT2D eigenvalue weighted by molar-refractivity contribution is 6.84. The third-order valence-corrected chi connectivity index (χ3v) is 9.07. The van der Waals surface area contributed by atoms with Crippen molar-refractivity contribution in [1.29, 1.82) is 0 Å². The average Bonchev–Trinajstić information content (AvgIpc) is 3.21. The normalized spacial score (nSPS) is 15.8. The molecule has 4 aromatic carbocycles. The highest BCUT2D eigenvalue weighted by Crippen LogP contribution is 2.57. The van der Waals surface area contributed by atoms with Gasteiger partial charge in [0.25, 0.3) is 0 Å². The molecule has 2 aliphatic rings. The van der Waals surface area contributed by atoms with Gasteiger partial charge < -0.3 is 9.62 Å². The first-order chi connectivity index (χ1) is 18.7. The van der Waals surface area contributed by atoms with Crippen LogP contribution >= 0.6 is 0 Å². The monoisotopic (exact) mass is 526 g/mol. The van der Waals surface area contributed by atoms with E-state index in [1.165, 1.54) is 61.6 Å². The third kappa shape index (κ3) is 4.09. The van der Waals surface area contributed by atoms with E-state index in [0.29, 0.717) is 0 Å². The maximum atomic E-state index is 2.62. The van der Waals surface area contributed by atoms with Gasteiger partial charge in [-0.1, -0.05) is 116 Å². The van der Waals surface area contributed by atoms with Crippen molar-refractivity contribution in [3.05, 3.63) is 112 Å². The SMILES string of the molecule is Cc1ccc2c(c1)C(C)(C)c1cc(C)cc3c1N2B(c1ccc(C(C)(C)C)cc1)N3c1ccc(C(C)(C)C)cc1. The molecule has 0 spiro atoms. The topological polar surface area (TPSA) is 6.48 Å². The van der Waals surface area contributed by atoms with E-state index in [4.69, 9.17) is 0 Å². The Bertz CT molecular complexity index is 1600. The first kappa shape index (κ1) is 26.8. The summed E-state index contributed by atoms with van der Waals surface area (Å²) in [5.74, 6) is 0. The fourth-order valence-corrected chi connectivity index (χ4v) is 6.66. The maximum absolute atomic E-state index is 2.62. The van der Waals surface area contributed by atoms with E-state index in [0.717, 1.165) is 0 Å². The minimum absolute atomic E-state index is 0.0163. The van der Waals surface area contributed by atoms with Crippen LogP contribution in [0.4, 0.5) is 22.7 Å². The Hall–Kier alpha value is -3.46. The number of nitrogens with zero attached hydrogens (tertiary/aromatic N) is 2. The number of rotatable bonds is 2.